The Bertz CT molecular complexity index is 760. The molecule has 0 bridgehead atoms. The third kappa shape index (κ3) is 6.27. The molecule has 1 aliphatic rings. The van der Waals surface area contributed by atoms with Gasteiger partial charge in [-0.1, -0.05) is 29.8 Å². The number of carbonyl (C=O) groups excluding carboxylic acids is 2. The first kappa shape index (κ1) is 21.8. The van der Waals surface area contributed by atoms with Crippen LogP contribution in [0.5, 0.6) is 0 Å². The van der Waals surface area contributed by atoms with Crippen LogP contribution < -0.4 is 4.72 Å². The number of halogens is 1. The third-order valence-corrected chi connectivity index (χ3v) is 6.01. The van der Waals surface area contributed by atoms with Gasteiger partial charge in [-0.15, -0.1) is 0 Å². The Morgan fingerprint density at radius 1 is 1.22 bits per heavy atom. The van der Waals surface area contributed by atoms with Crippen molar-refractivity contribution in [3.63, 3.8) is 0 Å². The molecule has 2 rings (SSSR count). The summed E-state index contributed by atoms with van der Waals surface area (Å²) in [6.07, 6.45) is 0. The lowest BCUT2D eigenvalue weighted by atomic mass is 10.1. The average molecular weight is 463 g/mol. The maximum atomic E-state index is 12.5. The number of benzene rings is 1. The first-order valence-corrected chi connectivity index (χ1v) is 10.8. The number of nitrogens with zero attached hydrogens (tertiary/aromatic N) is 1. The van der Waals surface area contributed by atoms with E-state index in [0.29, 0.717) is 26.3 Å². The lowest BCUT2D eigenvalue weighted by Gasteiger charge is -2.27. The van der Waals surface area contributed by atoms with Crippen LogP contribution in [-0.2, 0) is 29.1 Å². The molecule has 0 unspecified atom stereocenters. The van der Waals surface area contributed by atoms with Gasteiger partial charge < -0.3 is 14.4 Å². The van der Waals surface area contributed by atoms with E-state index >= 15 is 0 Å². The molecular formula is C17H23BrN2O6S. The van der Waals surface area contributed by atoms with Crippen LogP contribution in [0, 0.1) is 5.92 Å². The SMILES string of the molecule is CC(C)[C@H](NS(=O)(=O)c1ccc(Br)cc1)C(=O)OCC(=O)N1CCOCC1. The van der Waals surface area contributed by atoms with E-state index < -0.39 is 28.6 Å². The highest BCUT2D eigenvalue weighted by molar-refractivity contribution is 9.10. The molecule has 1 N–H and O–H groups in total. The van der Waals surface area contributed by atoms with E-state index in [1.54, 1.807) is 30.9 Å². The minimum atomic E-state index is -3.91. The summed E-state index contributed by atoms with van der Waals surface area (Å²) in [7, 11) is -3.91. The largest absolute Gasteiger partial charge is 0.454 e. The molecule has 0 radical (unpaired) electrons. The third-order valence-electron chi connectivity index (χ3n) is 4.03. The normalized spacial score (nSPS) is 16.2. The molecule has 0 aromatic heterocycles. The Morgan fingerprint density at radius 2 is 1.81 bits per heavy atom. The predicted molar refractivity (Wildman–Crippen MR) is 101 cm³/mol. The van der Waals surface area contributed by atoms with E-state index in [1.807, 2.05) is 0 Å². The summed E-state index contributed by atoms with van der Waals surface area (Å²) >= 11 is 3.24. The summed E-state index contributed by atoms with van der Waals surface area (Å²) in [6, 6.07) is 4.95. The van der Waals surface area contributed by atoms with Crippen molar-refractivity contribution in [3.05, 3.63) is 28.7 Å². The molecule has 10 heteroatoms. The molecule has 150 valence electrons. The number of sulfonamides is 1. The quantitative estimate of drug-likeness (QED) is 0.609. The van der Waals surface area contributed by atoms with E-state index in [9.17, 15) is 18.0 Å². The molecule has 1 aromatic carbocycles. The maximum Gasteiger partial charge on any atom is 0.324 e. The van der Waals surface area contributed by atoms with Gasteiger partial charge in [0.2, 0.25) is 10.0 Å². The van der Waals surface area contributed by atoms with Crippen LogP contribution in [0.1, 0.15) is 13.8 Å². The summed E-state index contributed by atoms with van der Waals surface area (Å²) in [4.78, 5) is 26.1. The summed E-state index contributed by atoms with van der Waals surface area (Å²) < 4.78 is 38.4. The van der Waals surface area contributed by atoms with E-state index in [4.69, 9.17) is 9.47 Å². The summed E-state index contributed by atoms with van der Waals surface area (Å²) in [6.45, 7) is 4.74. The Hall–Kier alpha value is -1.49. The van der Waals surface area contributed by atoms with Crippen LogP contribution in [-0.4, -0.2) is 64.1 Å². The molecule has 0 saturated carbocycles. The second-order valence-electron chi connectivity index (χ2n) is 6.40. The molecule has 1 amide bonds. The number of nitrogens with one attached hydrogen (secondary N) is 1. The highest BCUT2D eigenvalue weighted by atomic mass is 79.9. The van der Waals surface area contributed by atoms with Crippen molar-refractivity contribution < 1.29 is 27.5 Å². The predicted octanol–water partition coefficient (Wildman–Crippen LogP) is 1.15. The summed E-state index contributed by atoms with van der Waals surface area (Å²) in [5, 5.41) is 0. The van der Waals surface area contributed by atoms with Crippen LogP contribution in [0.25, 0.3) is 0 Å². The van der Waals surface area contributed by atoms with Gasteiger partial charge >= 0.3 is 5.97 Å². The highest BCUT2D eigenvalue weighted by Crippen LogP contribution is 2.16. The second kappa shape index (κ2) is 9.63. The zero-order valence-electron chi connectivity index (χ0n) is 15.2. The summed E-state index contributed by atoms with van der Waals surface area (Å²) in [5.74, 6) is -1.47. The number of amides is 1. The van der Waals surface area contributed by atoms with E-state index in [2.05, 4.69) is 20.7 Å². The van der Waals surface area contributed by atoms with Crippen LogP contribution in [0.4, 0.5) is 0 Å². The fourth-order valence-corrected chi connectivity index (χ4v) is 4.03. The zero-order valence-corrected chi connectivity index (χ0v) is 17.6. The Kier molecular flexibility index (Phi) is 7.78. The number of hydrogen-bond donors (Lipinski definition) is 1. The Balaban J connectivity index is 1.99. The van der Waals surface area contributed by atoms with E-state index in [0.717, 1.165) is 4.47 Å². The second-order valence-corrected chi connectivity index (χ2v) is 9.03. The zero-order chi connectivity index (χ0) is 20.0. The van der Waals surface area contributed by atoms with Crippen LogP contribution >= 0.6 is 15.9 Å². The molecular weight excluding hydrogens is 440 g/mol. The van der Waals surface area contributed by atoms with Crippen LogP contribution in [0.3, 0.4) is 0 Å². The van der Waals surface area contributed by atoms with Crippen LogP contribution in [0.2, 0.25) is 0 Å². The lowest BCUT2D eigenvalue weighted by molar-refractivity contribution is -0.155. The van der Waals surface area contributed by atoms with Crippen molar-refractivity contribution in [2.75, 3.05) is 32.9 Å². The van der Waals surface area contributed by atoms with E-state index in [1.165, 1.54) is 12.1 Å². The van der Waals surface area contributed by atoms with Gasteiger partial charge in [0, 0.05) is 17.6 Å². The maximum absolute atomic E-state index is 12.5. The average Bonchev–Trinajstić information content (AvgIpc) is 2.64. The van der Waals surface area contributed by atoms with Crippen molar-refractivity contribution in [3.8, 4) is 0 Å². The van der Waals surface area contributed by atoms with Gasteiger partial charge in [0.05, 0.1) is 18.1 Å². The fraction of sp³-hybridized carbons (Fsp3) is 0.529. The topological polar surface area (TPSA) is 102 Å². The number of ether oxygens (including phenoxy) is 2. The van der Waals surface area contributed by atoms with Crippen molar-refractivity contribution in [2.45, 2.75) is 24.8 Å². The van der Waals surface area contributed by atoms with Gasteiger partial charge in [-0.2, -0.15) is 4.72 Å². The smallest absolute Gasteiger partial charge is 0.324 e. The molecule has 1 fully saturated rings. The first-order valence-electron chi connectivity index (χ1n) is 8.51. The molecule has 1 heterocycles. The first-order chi connectivity index (χ1) is 12.7. The van der Waals surface area contributed by atoms with Gasteiger partial charge in [-0.3, -0.25) is 9.59 Å². The Labute approximate surface area is 167 Å². The Morgan fingerprint density at radius 3 is 2.37 bits per heavy atom. The molecule has 0 spiro atoms. The van der Waals surface area contributed by atoms with Gasteiger partial charge in [0.1, 0.15) is 6.04 Å². The van der Waals surface area contributed by atoms with Crippen LogP contribution in [0.15, 0.2) is 33.6 Å². The molecule has 27 heavy (non-hydrogen) atoms. The molecule has 1 atom stereocenters. The molecule has 1 aliphatic heterocycles. The fourth-order valence-electron chi connectivity index (χ4n) is 2.43. The van der Waals surface area contributed by atoms with Gasteiger partial charge in [-0.25, -0.2) is 8.42 Å². The minimum Gasteiger partial charge on any atom is -0.454 e. The van der Waals surface area contributed by atoms with Gasteiger partial charge in [0.15, 0.2) is 6.61 Å². The highest BCUT2D eigenvalue weighted by Gasteiger charge is 2.30. The van der Waals surface area contributed by atoms with Crippen molar-refractivity contribution in [1.29, 1.82) is 0 Å². The van der Waals surface area contributed by atoms with Gasteiger partial charge in [0.25, 0.3) is 5.91 Å². The lowest BCUT2D eigenvalue weighted by Crippen LogP contribution is -2.47. The standard InChI is InChI=1S/C17H23BrN2O6S/c1-12(2)16(19-27(23,24)14-5-3-13(18)4-6-14)17(22)26-11-15(21)20-7-9-25-10-8-20/h3-6,12,16,19H,7-11H2,1-2H3/t16-/m0/s1. The minimum absolute atomic E-state index is 0.0357. The molecule has 1 saturated heterocycles. The van der Waals surface area contributed by atoms with Crippen molar-refractivity contribution >= 4 is 37.8 Å². The number of hydrogen-bond acceptors (Lipinski definition) is 6. The van der Waals surface area contributed by atoms with Crippen molar-refractivity contribution in [1.82, 2.24) is 9.62 Å². The molecule has 1 aromatic rings. The summed E-state index contributed by atoms with van der Waals surface area (Å²) in [5.41, 5.74) is 0. The monoisotopic (exact) mass is 462 g/mol. The van der Waals surface area contributed by atoms with Gasteiger partial charge in [-0.05, 0) is 30.2 Å². The number of esters is 1. The van der Waals surface area contributed by atoms with Crippen molar-refractivity contribution in [2.24, 2.45) is 5.92 Å². The number of morpholine rings is 1. The number of rotatable bonds is 7. The van der Waals surface area contributed by atoms with E-state index in [-0.39, 0.29) is 16.7 Å². The molecule has 0 aliphatic carbocycles. The number of carbonyl (C=O) groups is 2. The molecule has 8 nitrogen and oxygen atoms in total.